The Kier molecular flexibility index (Phi) is 5.45. The Hall–Kier alpha value is -3.00. The molecule has 2 aliphatic rings. The van der Waals surface area contributed by atoms with Crippen LogP contribution in [0.25, 0.3) is 11.3 Å². The number of nitrogens with zero attached hydrogens (tertiary/aromatic N) is 1. The lowest BCUT2D eigenvalue weighted by molar-refractivity contribution is -0.181. The zero-order chi connectivity index (χ0) is 23.3. The van der Waals surface area contributed by atoms with Gasteiger partial charge in [0.15, 0.2) is 11.4 Å². The maximum absolute atomic E-state index is 13.5. The smallest absolute Gasteiger partial charge is 0.351 e. The first-order chi connectivity index (χ1) is 15.1. The summed E-state index contributed by atoms with van der Waals surface area (Å²) in [7, 11) is 0. The van der Waals surface area contributed by atoms with Gasteiger partial charge in [-0.3, -0.25) is 14.6 Å². The molecule has 0 saturated heterocycles. The van der Waals surface area contributed by atoms with E-state index in [0.717, 1.165) is 0 Å². The molecule has 0 amide bonds. The van der Waals surface area contributed by atoms with Crippen LogP contribution in [0.5, 0.6) is 5.75 Å². The first kappa shape index (κ1) is 22.2. The molecular formula is C24H27NO7. The van der Waals surface area contributed by atoms with Crippen molar-refractivity contribution in [3.8, 4) is 17.1 Å². The van der Waals surface area contributed by atoms with Crippen molar-refractivity contribution in [3.63, 3.8) is 0 Å². The van der Waals surface area contributed by atoms with E-state index in [1.165, 1.54) is 13.0 Å². The van der Waals surface area contributed by atoms with Crippen LogP contribution in [0.4, 0.5) is 0 Å². The normalized spacial score (nSPS) is 28.7. The fourth-order valence-electron chi connectivity index (χ4n) is 4.83. The number of carbonyl (C=O) groups is 2. The number of rotatable bonds is 4. The molecule has 0 bridgehead atoms. The maximum atomic E-state index is 13.5. The Labute approximate surface area is 185 Å². The van der Waals surface area contributed by atoms with Gasteiger partial charge in [0.25, 0.3) is 0 Å². The molecule has 8 nitrogen and oxygen atoms in total. The van der Waals surface area contributed by atoms with Crippen LogP contribution in [-0.2, 0) is 9.53 Å². The van der Waals surface area contributed by atoms with E-state index >= 15 is 0 Å². The maximum Gasteiger partial charge on any atom is 0.351 e. The standard InChI is InChI=1S/C24H27NO7/c1-5-23(3,29)15-9-16-21(27)20-18(32-24(16,4)19(10-15)30-13(2)26)11-17(31-22(20)28)14-7-6-8-25-12-14/h6-8,11-12,15-16,19,29H,5,9-10H2,1-4H3/t15-,16-,19-,23+,24-/m1/s1. The highest BCUT2D eigenvalue weighted by molar-refractivity contribution is 6.02. The zero-order valence-electron chi connectivity index (χ0n) is 18.6. The minimum Gasteiger partial charge on any atom is -0.482 e. The summed E-state index contributed by atoms with van der Waals surface area (Å²) in [6.45, 7) is 6.59. The van der Waals surface area contributed by atoms with Gasteiger partial charge in [0.2, 0.25) is 0 Å². The van der Waals surface area contributed by atoms with Gasteiger partial charge in [-0.25, -0.2) is 4.79 Å². The van der Waals surface area contributed by atoms with E-state index in [4.69, 9.17) is 13.9 Å². The molecule has 1 aliphatic carbocycles. The predicted molar refractivity (Wildman–Crippen MR) is 114 cm³/mol. The van der Waals surface area contributed by atoms with Crippen molar-refractivity contribution < 1.29 is 28.6 Å². The molecule has 2 aromatic heterocycles. The van der Waals surface area contributed by atoms with Gasteiger partial charge >= 0.3 is 11.6 Å². The van der Waals surface area contributed by atoms with Crippen molar-refractivity contribution >= 4 is 11.8 Å². The van der Waals surface area contributed by atoms with Crippen LogP contribution in [-0.4, -0.2) is 39.1 Å². The Balaban J connectivity index is 1.82. The fraction of sp³-hybridized carbons (Fsp3) is 0.500. The number of aromatic nitrogens is 1. The summed E-state index contributed by atoms with van der Waals surface area (Å²) in [5, 5.41) is 10.9. The number of fused-ring (bicyclic) bond motifs is 2. The molecular weight excluding hydrogens is 414 g/mol. The number of aliphatic hydroxyl groups is 1. The molecule has 3 heterocycles. The predicted octanol–water partition coefficient (Wildman–Crippen LogP) is 3.15. The molecule has 170 valence electrons. The molecule has 1 fully saturated rings. The van der Waals surface area contributed by atoms with Gasteiger partial charge in [-0.05, 0) is 51.2 Å². The summed E-state index contributed by atoms with van der Waals surface area (Å²) in [4.78, 5) is 42.3. The van der Waals surface area contributed by atoms with Gasteiger partial charge in [-0.15, -0.1) is 0 Å². The van der Waals surface area contributed by atoms with Crippen molar-refractivity contribution in [1.29, 1.82) is 0 Å². The second-order valence-electron chi connectivity index (χ2n) is 9.06. The zero-order valence-corrected chi connectivity index (χ0v) is 18.6. The summed E-state index contributed by atoms with van der Waals surface area (Å²) in [6, 6.07) is 4.94. The van der Waals surface area contributed by atoms with E-state index in [-0.39, 0.29) is 23.0 Å². The van der Waals surface area contributed by atoms with Crippen LogP contribution in [0, 0.1) is 11.8 Å². The molecule has 0 unspecified atom stereocenters. The summed E-state index contributed by atoms with van der Waals surface area (Å²) < 4.78 is 17.3. The molecule has 1 N–H and O–H groups in total. The largest absolute Gasteiger partial charge is 0.482 e. The van der Waals surface area contributed by atoms with Gasteiger partial charge in [0.05, 0.1) is 11.5 Å². The molecule has 0 aromatic carbocycles. The van der Waals surface area contributed by atoms with E-state index in [1.54, 1.807) is 38.4 Å². The van der Waals surface area contributed by atoms with E-state index < -0.39 is 40.6 Å². The molecule has 1 aliphatic heterocycles. The van der Waals surface area contributed by atoms with E-state index in [2.05, 4.69) is 4.98 Å². The minimum absolute atomic E-state index is 0.0988. The Morgan fingerprint density at radius 1 is 1.38 bits per heavy atom. The molecule has 4 rings (SSSR count). The lowest BCUT2D eigenvalue weighted by atomic mass is 9.62. The lowest BCUT2D eigenvalue weighted by Gasteiger charge is -2.52. The Bertz CT molecular complexity index is 1110. The van der Waals surface area contributed by atoms with Crippen LogP contribution in [0.2, 0.25) is 0 Å². The first-order valence-corrected chi connectivity index (χ1v) is 10.8. The lowest BCUT2D eigenvalue weighted by Crippen LogP contribution is -2.63. The SMILES string of the molecule is CC[C@](C)(O)[C@@H]1C[C@@H]2C(=O)c3c(cc(-c4cccnc4)oc3=O)O[C@@]2(C)[C@H](OC(C)=O)C1. The average molecular weight is 441 g/mol. The van der Waals surface area contributed by atoms with Gasteiger partial charge < -0.3 is 19.0 Å². The molecule has 2 aromatic rings. The molecule has 5 atom stereocenters. The van der Waals surface area contributed by atoms with Crippen LogP contribution >= 0.6 is 0 Å². The monoisotopic (exact) mass is 441 g/mol. The third-order valence-electron chi connectivity index (χ3n) is 7.01. The molecule has 0 spiro atoms. The highest BCUT2D eigenvalue weighted by Gasteiger charge is 2.59. The average Bonchev–Trinajstić information content (AvgIpc) is 2.74. The molecule has 1 saturated carbocycles. The Morgan fingerprint density at radius 3 is 2.75 bits per heavy atom. The van der Waals surface area contributed by atoms with Crippen LogP contribution in [0.3, 0.4) is 0 Å². The number of Topliss-reactive ketones (excluding diaryl/α,β-unsaturated/α-hetero) is 1. The summed E-state index contributed by atoms with van der Waals surface area (Å²) >= 11 is 0. The second-order valence-corrected chi connectivity index (χ2v) is 9.06. The van der Waals surface area contributed by atoms with Crippen molar-refractivity contribution in [2.75, 3.05) is 0 Å². The quantitative estimate of drug-likeness (QED) is 0.720. The van der Waals surface area contributed by atoms with Crippen molar-refractivity contribution in [1.82, 2.24) is 4.98 Å². The number of pyridine rings is 1. The number of esters is 1. The van der Waals surface area contributed by atoms with E-state index in [0.29, 0.717) is 24.8 Å². The highest BCUT2D eigenvalue weighted by atomic mass is 16.6. The van der Waals surface area contributed by atoms with Crippen molar-refractivity contribution in [3.05, 3.63) is 46.6 Å². The van der Waals surface area contributed by atoms with Crippen LogP contribution in [0.1, 0.15) is 57.3 Å². The van der Waals surface area contributed by atoms with Crippen LogP contribution in [0.15, 0.2) is 39.8 Å². The fourth-order valence-corrected chi connectivity index (χ4v) is 4.83. The number of ether oxygens (including phenoxy) is 2. The van der Waals surface area contributed by atoms with Crippen molar-refractivity contribution in [2.45, 2.75) is 64.3 Å². The van der Waals surface area contributed by atoms with Gasteiger partial charge in [-0.2, -0.15) is 0 Å². The third kappa shape index (κ3) is 3.62. The third-order valence-corrected chi connectivity index (χ3v) is 7.01. The minimum atomic E-state index is -1.18. The first-order valence-electron chi connectivity index (χ1n) is 10.8. The molecule has 8 heteroatoms. The summed E-state index contributed by atoms with van der Waals surface area (Å²) in [5.41, 5.74) is -2.62. The summed E-state index contributed by atoms with van der Waals surface area (Å²) in [6.07, 6.45) is 3.48. The highest BCUT2D eigenvalue weighted by Crippen LogP contribution is 2.50. The second kappa shape index (κ2) is 7.85. The summed E-state index contributed by atoms with van der Waals surface area (Å²) in [5.74, 6) is -1.69. The van der Waals surface area contributed by atoms with Gasteiger partial charge in [0.1, 0.15) is 23.2 Å². The Morgan fingerprint density at radius 2 is 2.12 bits per heavy atom. The van der Waals surface area contributed by atoms with Gasteiger partial charge in [-0.1, -0.05) is 6.92 Å². The topological polar surface area (TPSA) is 116 Å². The molecule has 0 radical (unpaired) electrons. The number of ketones is 1. The number of carbonyl (C=O) groups excluding carboxylic acids is 2. The van der Waals surface area contributed by atoms with E-state index in [1.807, 2.05) is 6.92 Å². The number of hydrogen-bond donors (Lipinski definition) is 1. The van der Waals surface area contributed by atoms with Crippen molar-refractivity contribution in [2.24, 2.45) is 11.8 Å². The molecule has 32 heavy (non-hydrogen) atoms. The van der Waals surface area contributed by atoms with E-state index in [9.17, 15) is 19.5 Å². The van der Waals surface area contributed by atoms with Crippen LogP contribution < -0.4 is 10.4 Å². The van der Waals surface area contributed by atoms with Gasteiger partial charge in [0, 0.05) is 30.9 Å². The number of hydrogen-bond acceptors (Lipinski definition) is 8.